The van der Waals surface area contributed by atoms with Gasteiger partial charge in [0.2, 0.25) is 0 Å². The second-order valence-corrected chi connectivity index (χ2v) is 4.91. The van der Waals surface area contributed by atoms with Gasteiger partial charge in [-0.25, -0.2) is 4.39 Å². The third kappa shape index (κ3) is 5.15. The van der Waals surface area contributed by atoms with Crippen molar-refractivity contribution in [1.82, 2.24) is 5.32 Å². The van der Waals surface area contributed by atoms with Crippen molar-refractivity contribution in [2.24, 2.45) is 0 Å². The first kappa shape index (κ1) is 15.1. The Labute approximate surface area is 110 Å². The topological polar surface area (TPSA) is 21.3 Å². The monoisotopic (exact) mass is 253 g/mol. The van der Waals surface area contributed by atoms with Gasteiger partial charge < -0.3 is 10.1 Å². The SMILES string of the molecule is CCNC(COC(C)C)Cc1cc(F)ccc1C. The number of rotatable bonds is 7. The fourth-order valence-electron chi connectivity index (χ4n) is 1.91. The van der Waals surface area contributed by atoms with E-state index in [0.29, 0.717) is 6.61 Å². The van der Waals surface area contributed by atoms with Gasteiger partial charge in [0.1, 0.15) is 5.82 Å². The maximum Gasteiger partial charge on any atom is 0.123 e. The lowest BCUT2D eigenvalue weighted by molar-refractivity contribution is 0.0615. The number of nitrogens with one attached hydrogen (secondary N) is 1. The molecule has 0 heterocycles. The summed E-state index contributed by atoms with van der Waals surface area (Å²) in [5.74, 6) is -0.171. The summed E-state index contributed by atoms with van der Waals surface area (Å²) < 4.78 is 18.9. The highest BCUT2D eigenvalue weighted by Gasteiger charge is 2.11. The molecule has 102 valence electrons. The molecule has 0 amide bonds. The van der Waals surface area contributed by atoms with E-state index < -0.39 is 0 Å². The molecule has 0 spiro atoms. The summed E-state index contributed by atoms with van der Waals surface area (Å²) in [5.41, 5.74) is 2.18. The largest absolute Gasteiger partial charge is 0.377 e. The Morgan fingerprint density at radius 1 is 1.33 bits per heavy atom. The van der Waals surface area contributed by atoms with E-state index in [1.807, 2.05) is 26.8 Å². The Kier molecular flexibility index (Phi) is 6.30. The Hall–Kier alpha value is -0.930. The molecule has 3 heteroatoms. The van der Waals surface area contributed by atoms with Crippen LogP contribution in [0.1, 0.15) is 31.9 Å². The van der Waals surface area contributed by atoms with Gasteiger partial charge in [-0.2, -0.15) is 0 Å². The van der Waals surface area contributed by atoms with Crippen LogP contribution < -0.4 is 5.32 Å². The van der Waals surface area contributed by atoms with Gasteiger partial charge in [-0.3, -0.25) is 0 Å². The minimum atomic E-state index is -0.171. The molecular weight excluding hydrogens is 229 g/mol. The summed E-state index contributed by atoms with van der Waals surface area (Å²) in [6.07, 6.45) is 1.02. The van der Waals surface area contributed by atoms with Crippen LogP contribution in [0.2, 0.25) is 0 Å². The van der Waals surface area contributed by atoms with Crippen molar-refractivity contribution < 1.29 is 9.13 Å². The zero-order valence-electron chi connectivity index (χ0n) is 11.8. The normalized spacial score (nSPS) is 13.0. The molecule has 0 bridgehead atoms. The summed E-state index contributed by atoms with van der Waals surface area (Å²) in [4.78, 5) is 0. The van der Waals surface area contributed by atoms with Crippen molar-refractivity contribution in [3.05, 3.63) is 35.1 Å². The summed E-state index contributed by atoms with van der Waals surface area (Å²) in [6.45, 7) is 9.68. The first-order valence-electron chi connectivity index (χ1n) is 6.63. The molecule has 1 aromatic carbocycles. The highest BCUT2D eigenvalue weighted by atomic mass is 19.1. The molecule has 0 aliphatic rings. The molecule has 1 aromatic rings. The van der Waals surface area contributed by atoms with Gasteiger partial charge in [-0.1, -0.05) is 13.0 Å². The van der Waals surface area contributed by atoms with Gasteiger partial charge in [0.05, 0.1) is 12.7 Å². The van der Waals surface area contributed by atoms with E-state index in [-0.39, 0.29) is 18.0 Å². The lowest BCUT2D eigenvalue weighted by atomic mass is 10.0. The number of halogens is 1. The molecule has 0 radical (unpaired) electrons. The zero-order chi connectivity index (χ0) is 13.5. The van der Waals surface area contributed by atoms with Crippen LogP contribution in [-0.4, -0.2) is 25.3 Å². The van der Waals surface area contributed by atoms with Crippen LogP contribution in [-0.2, 0) is 11.2 Å². The predicted octanol–water partition coefficient (Wildman–Crippen LogP) is 3.08. The van der Waals surface area contributed by atoms with Gasteiger partial charge in [-0.15, -0.1) is 0 Å². The predicted molar refractivity (Wildman–Crippen MR) is 73.4 cm³/mol. The van der Waals surface area contributed by atoms with Crippen LogP contribution in [0.4, 0.5) is 4.39 Å². The number of ether oxygens (including phenoxy) is 1. The smallest absolute Gasteiger partial charge is 0.123 e. The van der Waals surface area contributed by atoms with Crippen LogP contribution in [0.5, 0.6) is 0 Å². The number of benzene rings is 1. The van der Waals surface area contributed by atoms with Crippen molar-refractivity contribution in [2.45, 2.75) is 46.3 Å². The maximum atomic E-state index is 13.2. The van der Waals surface area contributed by atoms with Crippen molar-refractivity contribution in [1.29, 1.82) is 0 Å². The second-order valence-electron chi connectivity index (χ2n) is 4.91. The second kappa shape index (κ2) is 7.49. The quantitative estimate of drug-likeness (QED) is 0.806. The van der Waals surface area contributed by atoms with Gasteiger partial charge >= 0.3 is 0 Å². The Balaban J connectivity index is 2.66. The minimum absolute atomic E-state index is 0.171. The number of hydrogen-bond acceptors (Lipinski definition) is 2. The molecule has 1 unspecified atom stereocenters. The fraction of sp³-hybridized carbons (Fsp3) is 0.600. The first-order valence-corrected chi connectivity index (χ1v) is 6.63. The average Bonchev–Trinajstić information content (AvgIpc) is 2.31. The van der Waals surface area contributed by atoms with E-state index in [1.54, 1.807) is 6.07 Å². The molecule has 0 aliphatic heterocycles. The molecule has 0 aromatic heterocycles. The summed E-state index contributed by atoms with van der Waals surface area (Å²) in [5, 5.41) is 3.39. The fourth-order valence-corrected chi connectivity index (χ4v) is 1.91. The Bertz CT molecular complexity index is 366. The molecule has 1 rings (SSSR count). The number of hydrogen-bond donors (Lipinski definition) is 1. The zero-order valence-corrected chi connectivity index (χ0v) is 11.8. The first-order chi connectivity index (χ1) is 8.52. The van der Waals surface area contributed by atoms with E-state index >= 15 is 0 Å². The van der Waals surface area contributed by atoms with Crippen molar-refractivity contribution in [3.8, 4) is 0 Å². The average molecular weight is 253 g/mol. The van der Waals surface area contributed by atoms with Gasteiger partial charge in [0.25, 0.3) is 0 Å². The van der Waals surface area contributed by atoms with Gasteiger partial charge in [0, 0.05) is 6.04 Å². The van der Waals surface area contributed by atoms with Crippen LogP contribution in [0.15, 0.2) is 18.2 Å². The van der Waals surface area contributed by atoms with Crippen LogP contribution in [0.3, 0.4) is 0 Å². The molecule has 0 saturated carbocycles. The van der Waals surface area contributed by atoms with E-state index in [2.05, 4.69) is 12.2 Å². The number of likely N-dealkylation sites (N-methyl/N-ethyl adjacent to an activating group) is 1. The third-order valence-electron chi connectivity index (χ3n) is 2.90. The number of aryl methyl sites for hydroxylation is 1. The molecule has 0 fully saturated rings. The molecule has 0 saturated heterocycles. The van der Waals surface area contributed by atoms with Gasteiger partial charge in [-0.05, 0) is 57.0 Å². The molecule has 2 nitrogen and oxygen atoms in total. The third-order valence-corrected chi connectivity index (χ3v) is 2.90. The lowest BCUT2D eigenvalue weighted by Gasteiger charge is -2.20. The van der Waals surface area contributed by atoms with E-state index in [0.717, 1.165) is 24.1 Å². The molecular formula is C15H24FNO. The Morgan fingerprint density at radius 2 is 2.06 bits per heavy atom. The highest BCUT2D eigenvalue weighted by Crippen LogP contribution is 2.13. The highest BCUT2D eigenvalue weighted by molar-refractivity contribution is 5.27. The van der Waals surface area contributed by atoms with Crippen LogP contribution in [0, 0.1) is 12.7 Å². The molecule has 0 aliphatic carbocycles. The maximum absolute atomic E-state index is 13.2. The van der Waals surface area contributed by atoms with E-state index in [4.69, 9.17) is 4.74 Å². The van der Waals surface area contributed by atoms with Crippen molar-refractivity contribution in [2.75, 3.05) is 13.2 Å². The lowest BCUT2D eigenvalue weighted by Crippen LogP contribution is -2.36. The van der Waals surface area contributed by atoms with Gasteiger partial charge in [0.15, 0.2) is 0 Å². The summed E-state index contributed by atoms with van der Waals surface area (Å²) in [6, 6.07) is 5.19. The van der Waals surface area contributed by atoms with E-state index in [9.17, 15) is 4.39 Å². The van der Waals surface area contributed by atoms with E-state index in [1.165, 1.54) is 6.07 Å². The summed E-state index contributed by atoms with van der Waals surface area (Å²) >= 11 is 0. The summed E-state index contributed by atoms with van der Waals surface area (Å²) in [7, 11) is 0. The van der Waals surface area contributed by atoms with Crippen molar-refractivity contribution in [3.63, 3.8) is 0 Å². The van der Waals surface area contributed by atoms with Crippen LogP contribution >= 0.6 is 0 Å². The molecule has 1 N–H and O–H groups in total. The Morgan fingerprint density at radius 3 is 2.67 bits per heavy atom. The minimum Gasteiger partial charge on any atom is -0.377 e. The molecule has 1 atom stereocenters. The standard InChI is InChI=1S/C15H24FNO/c1-5-17-15(10-18-11(2)3)9-13-8-14(16)7-6-12(13)4/h6-8,11,15,17H,5,9-10H2,1-4H3. The molecule has 18 heavy (non-hydrogen) atoms. The van der Waals surface area contributed by atoms with Crippen LogP contribution in [0.25, 0.3) is 0 Å². The van der Waals surface area contributed by atoms with Crippen molar-refractivity contribution >= 4 is 0 Å².